The van der Waals surface area contributed by atoms with Gasteiger partial charge in [-0.2, -0.15) is 5.26 Å². The van der Waals surface area contributed by atoms with E-state index in [1.807, 2.05) is 6.07 Å². The Bertz CT molecular complexity index is 140. The van der Waals surface area contributed by atoms with E-state index in [9.17, 15) is 8.76 Å². The van der Waals surface area contributed by atoms with Crippen LogP contribution in [0.25, 0.3) is 0 Å². The largest absolute Gasteiger partial charge is 0.772 e. The van der Waals surface area contributed by atoms with Crippen LogP contribution in [0.5, 0.6) is 0 Å². The Hall–Kier alpha value is -0.400. The summed E-state index contributed by atoms with van der Waals surface area (Å²) in [6.07, 6.45) is 0.437. The van der Waals surface area contributed by atoms with Crippen LogP contribution in [0.15, 0.2) is 0 Å². The summed E-state index contributed by atoms with van der Waals surface area (Å²) in [4.78, 5) is 0. The maximum absolute atomic E-state index is 9.91. The molecule has 2 unspecified atom stereocenters. The van der Waals surface area contributed by atoms with Crippen molar-refractivity contribution in [1.82, 2.24) is 0 Å². The molecule has 0 aromatic rings. The Morgan fingerprint density at radius 3 is 2.78 bits per heavy atom. The molecule has 0 N–H and O–H groups in total. The van der Waals surface area contributed by atoms with Gasteiger partial charge in [0, 0.05) is 11.7 Å². The van der Waals surface area contributed by atoms with Gasteiger partial charge in [-0.3, -0.25) is 4.21 Å². The highest BCUT2D eigenvalue weighted by Crippen LogP contribution is 1.98. The predicted molar refractivity (Wildman–Crippen MR) is 33.2 cm³/mol. The highest BCUT2D eigenvalue weighted by atomic mass is 32.2. The maximum atomic E-state index is 9.91. The van der Waals surface area contributed by atoms with Crippen LogP contribution in [0.3, 0.4) is 0 Å². The molecule has 0 fully saturated rings. The number of nitrogens with zero attached hydrogens (tertiary/aromatic N) is 1. The van der Waals surface area contributed by atoms with E-state index in [0.29, 0.717) is 6.42 Å². The van der Waals surface area contributed by atoms with E-state index >= 15 is 0 Å². The zero-order valence-corrected chi connectivity index (χ0v) is 5.98. The average molecular weight is 146 g/mol. The smallest absolute Gasteiger partial charge is 0.0653 e. The Morgan fingerprint density at radius 2 is 2.44 bits per heavy atom. The zero-order valence-electron chi connectivity index (χ0n) is 5.16. The highest BCUT2D eigenvalue weighted by Gasteiger charge is 1.96. The van der Waals surface area contributed by atoms with E-state index in [-0.39, 0.29) is 11.7 Å². The van der Waals surface area contributed by atoms with E-state index in [1.165, 1.54) is 0 Å². The minimum Gasteiger partial charge on any atom is -0.772 e. The minimum atomic E-state index is -1.99. The first-order valence-electron chi connectivity index (χ1n) is 2.62. The summed E-state index contributed by atoms with van der Waals surface area (Å²) >= 11 is -1.99. The van der Waals surface area contributed by atoms with Crippen LogP contribution >= 0.6 is 0 Å². The van der Waals surface area contributed by atoms with Crippen molar-refractivity contribution in [2.45, 2.75) is 13.3 Å². The van der Waals surface area contributed by atoms with Gasteiger partial charge in [-0.1, -0.05) is 11.1 Å². The minimum absolute atomic E-state index is 0.0920. The molecule has 9 heavy (non-hydrogen) atoms. The lowest BCUT2D eigenvalue weighted by atomic mass is 10.1. The fraction of sp³-hybridized carbons (Fsp3) is 0.800. The fourth-order valence-corrected chi connectivity index (χ4v) is 0.884. The van der Waals surface area contributed by atoms with Crippen molar-refractivity contribution >= 4 is 11.1 Å². The molecule has 0 aliphatic heterocycles. The summed E-state index contributed by atoms with van der Waals surface area (Å²) in [5.74, 6) is -0.0581. The van der Waals surface area contributed by atoms with Crippen molar-refractivity contribution in [3.05, 3.63) is 0 Å². The molecule has 0 radical (unpaired) electrons. The Morgan fingerprint density at radius 1 is 1.89 bits per heavy atom. The van der Waals surface area contributed by atoms with Gasteiger partial charge in [-0.15, -0.1) is 0 Å². The van der Waals surface area contributed by atoms with Gasteiger partial charge in [-0.05, 0) is 13.3 Å². The van der Waals surface area contributed by atoms with Gasteiger partial charge < -0.3 is 4.55 Å². The van der Waals surface area contributed by atoms with Crippen LogP contribution in [0, 0.1) is 17.2 Å². The van der Waals surface area contributed by atoms with Crippen molar-refractivity contribution in [3.63, 3.8) is 0 Å². The van der Waals surface area contributed by atoms with E-state index in [4.69, 9.17) is 5.26 Å². The second kappa shape index (κ2) is 4.48. The summed E-state index contributed by atoms with van der Waals surface area (Å²) in [6.45, 7) is 1.70. The second-order valence-corrected chi connectivity index (χ2v) is 2.84. The summed E-state index contributed by atoms with van der Waals surface area (Å²) < 4.78 is 19.8. The molecule has 0 heterocycles. The first kappa shape index (κ1) is 8.60. The van der Waals surface area contributed by atoms with Gasteiger partial charge in [0.2, 0.25) is 0 Å². The van der Waals surface area contributed by atoms with Crippen molar-refractivity contribution in [2.24, 2.45) is 5.92 Å². The molecule has 0 saturated heterocycles. The molecule has 0 amide bonds. The summed E-state index contributed by atoms with van der Waals surface area (Å²) in [6, 6.07) is 1.95. The van der Waals surface area contributed by atoms with E-state index in [2.05, 4.69) is 0 Å². The third-order valence-corrected chi connectivity index (χ3v) is 1.51. The standard InChI is InChI=1S/C5H9NO2S/c1-5(4-6)2-3-9(7)8/h5H,2-3H2,1H3,(H,7,8)/p-1. The van der Waals surface area contributed by atoms with Gasteiger partial charge in [0.15, 0.2) is 0 Å². The van der Waals surface area contributed by atoms with E-state index < -0.39 is 11.1 Å². The van der Waals surface area contributed by atoms with Crippen molar-refractivity contribution in [2.75, 3.05) is 5.75 Å². The molecule has 0 saturated carbocycles. The predicted octanol–water partition coefficient (Wildman–Crippen LogP) is 0.415. The van der Waals surface area contributed by atoms with Crippen molar-refractivity contribution < 1.29 is 8.76 Å². The molecule has 52 valence electrons. The Kier molecular flexibility index (Phi) is 4.28. The van der Waals surface area contributed by atoms with Crippen LogP contribution in [-0.2, 0) is 11.1 Å². The fourth-order valence-electron chi connectivity index (χ4n) is 0.338. The molecule has 0 aromatic heterocycles. The summed E-state index contributed by atoms with van der Waals surface area (Å²) in [5, 5.41) is 8.20. The topological polar surface area (TPSA) is 63.9 Å². The maximum Gasteiger partial charge on any atom is 0.0653 e. The molecule has 2 atom stereocenters. The molecule has 0 bridgehead atoms. The van der Waals surface area contributed by atoms with Gasteiger partial charge in [0.05, 0.1) is 6.07 Å². The monoisotopic (exact) mass is 146 g/mol. The normalized spacial score (nSPS) is 16.1. The molecule has 0 aliphatic carbocycles. The third kappa shape index (κ3) is 5.47. The number of hydrogen-bond acceptors (Lipinski definition) is 3. The SMILES string of the molecule is CC(C#N)CCS(=O)[O-]. The van der Waals surface area contributed by atoms with Gasteiger partial charge in [0.1, 0.15) is 0 Å². The quantitative estimate of drug-likeness (QED) is 0.542. The molecule has 0 aliphatic rings. The lowest BCUT2D eigenvalue weighted by Gasteiger charge is -2.03. The number of hydrogen-bond donors (Lipinski definition) is 0. The Labute approximate surface area is 57.0 Å². The molecule has 4 heteroatoms. The van der Waals surface area contributed by atoms with Crippen molar-refractivity contribution in [3.8, 4) is 6.07 Å². The molecule has 0 rings (SSSR count). The average Bonchev–Trinajstić information content (AvgIpc) is 1.83. The zero-order chi connectivity index (χ0) is 7.28. The molecular weight excluding hydrogens is 138 g/mol. The second-order valence-electron chi connectivity index (χ2n) is 1.83. The lowest BCUT2D eigenvalue weighted by Crippen LogP contribution is -2.00. The van der Waals surface area contributed by atoms with E-state index in [0.717, 1.165) is 0 Å². The van der Waals surface area contributed by atoms with Crippen LogP contribution in [-0.4, -0.2) is 14.5 Å². The third-order valence-electron chi connectivity index (χ3n) is 0.938. The first-order valence-corrected chi connectivity index (χ1v) is 3.86. The van der Waals surface area contributed by atoms with E-state index in [1.54, 1.807) is 6.92 Å². The Balaban J connectivity index is 3.30. The van der Waals surface area contributed by atoms with Gasteiger partial charge in [-0.25, -0.2) is 0 Å². The lowest BCUT2D eigenvalue weighted by molar-refractivity contribution is 0.530. The summed E-state index contributed by atoms with van der Waals surface area (Å²) in [5.41, 5.74) is 0. The van der Waals surface area contributed by atoms with Crippen LogP contribution in [0.4, 0.5) is 0 Å². The van der Waals surface area contributed by atoms with Gasteiger partial charge in [0.25, 0.3) is 0 Å². The highest BCUT2D eigenvalue weighted by molar-refractivity contribution is 7.79. The summed E-state index contributed by atoms with van der Waals surface area (Å²) in [7, 11) is 0. The number of rotatable bonds is 3. The first-order chi connectivity index (χ1) is 4.16. The van der Waals surface area contributed by atoms with Crippen LogP contribution < -0.4 is 0 Å². The van der Waals surface area contributed by atoms with Crippen LogP contribution in [0.1, 0.15) is 13.3 Å². The number of nitriles is 1. The van der Waals surface area contributed by atoms with Gasteiger partial charge >= 0.3 is 0 Å². The molecule has 0 spiro atoms. The molecular formula is C5H8NO2S-. The van der Waals surface area contributed by atoms with Crippen molar-refractivity contribution in [1.29, 1.82) is 5.26 Å². The molecule has 0 aromatic carbocycles. The van der Waals surface area contributed by atoms with Crippen LogP contribution in [0.2, 0.25) is 0 Å². The molecule has 3 nitrogen and oxygen atoms in total.